The van der Waals surface area contributed by atoms with Gasteiger partial charge in [0.2, 0.25) is 0 Å². The Morgan fingerprint density at radius 2 is 1.90 bits per heavy atom. The van der Waals surface area contributed by atoms with Gasteiger partial charge in [0.15, 0.2) is 0 Å². The maximum absolute atomic E-state index is 13.3. The van der Waals surface area contributed by atoms with E-state index < -0.39 is 5.60 Å². The van der Waals surface area contributed by atoms with E-state index in [1.807, 2.05) is 49.9 Å². The molecule has 0 saturated carbocycles. The van der Waals surface area contributed by atoms with Gasteiger partial charge < -0.3 is 14.5 Å². The molecule has 160 valence electrons. The van der Waals surface area contributed by atoms with Crippen LogP contribution in [-0.4, -0.2) is 46.5 Å². The number of amides is 2. The minimum Gasteiger partial charge on any atom is -0.444 e. The van der Waals surface area contributed by atoms with E-state index in [4.69, 9.17) is 4.74 Å². The van der Waals surface area contributed by atoms with Crippen LogP contribution in [0.1, 0.15) is 60.2 Å². The highest BCUT2D eigenvalue weighted by Crippen LogP contribution is 2.36. The molecule has 6 nitrogen and oxygen atoms in total. The van der Waals surface area contributed by atoms with Crippen LogP contribution in [0.15, 0.2) is 48.5 Å². The highest BCUT2D eigenvalue weighted by atomic mass is 16.6. The maximum Gasteiger partial charge on any atom is 0.410 e. The van der Waals surface area contributed by atoms with Gasteiger partial charge >= 0.3 is 6.09 Å². The highest BCUT2D eigenvalue weighted by Gasteiger charge is 2.41. The number of nitriles is 1. The zero-order chi connectivity index (χ0) is 22.2. The molecule has 1 fully saturated rings. The predicted octanol–water partition coefficient (Wildman–Crippen LogP) is 4.31. The van der Waals surface area contributed by atoms with Crippen molar-refractivity contribution in [3.05, 3.63) is 70.8 Å². The van der Waals surface area contributed by atoms with Gasteiger partial charge in [-0.15, -0.1) is 0 Å². The molecule has 2 heterocycles. The van der Waals surface area contributed by atoms with Crippen molar-refractivity contribution in [2.75, 3.05) is 13.1 Å². The van der Waals surface area contributed by atoms with Gasteiger partial charge in [0.1, 0.15) is 5.60 Å². The first kappa shape index (κ1) is 20.9. The van der Waals surface area contributed by atoms with Crippen molar-refractivity contribution in [1.29, 1.82) is 5.26 Å². The Hall–Kier alpha value is -3.33. The van der Waals surface area contributed by atoms with Crippen molar-refractivity contribution in [2.45, 2.75) is 51.3 Å². The molecule has 31 heavy (non-hydrogen) atoms. The van der Waals surface area contributed by atoms with E-state index in [-0.39, 0.29) is 24.0 Å². The third-order valence-corrected chi connectivity index (χ3v) is 5.93. The SMILES string of the molecule is CC(C)(C)OC(=O)N1CC[C@H](N2Cc3ccc(C#N)cc3C2=O)[C@@H](c2ccccc2)C1. The Morgan fingerprint density at radius 1 is 1.16 bits per heavy atom. The lowest BCUT2D eigenvalue weighted by Gasteiger charge is -2.43. The Morgan fingerprint density at radius 3 is 2.58 bits per heavy atom. The summed E-state index contributed by atoms with van der Waals surface area (Å²) in [6, 6.07) is 17.4. The van der Waals surface area contributed by atoms with Crippen LogP contribution < -0.4 is 0 Å². The Labute approximate surface area is 183 Å². The van der Waals surface area contributed by atoms with Gasteiger partial charge in [0.05, 0.1) is 11.6 Å². The molecule has 0 radical (unpaired) electrons. The second kappa shape index (κ2) is 8.07. The lowest BCUT2D eigenvalue weighted by molar-refractivity contribution is 0.0109. The number of hydrogen-bond donors (Lipinski definition) is 0. The fourth-order valence-electron chi connectivity index (χ4n) is 4.49. The molecule has 2 amide bonds. The molecule has 0 bridgehead atoms. The van der Waals surface area contributed by atoms with E-state index in [0.29, 0.717) is 37.2 Å². The molecule has 0 N–H and O–H groups in total. The monoisotopic (exact) mass is 417 g/mol. The van der Waals surface area contributed by atoms with Gasteiger partial charge in [-0.2, -0.15) is 5.26 Å². The quantitative estimate of drug-likeness (QED) is 0.730. The van der Waals surface area contributed by atoms with Crippen LogP contribution >= 0.6 is 0 Å². The van der Waals surface area contributed by atoms with Gasteiger partial charge in [0, 0.05) is 37.2 Å². The lowest BCUT2D eigenvalue weighted by atomic mass is 9.85. The van der Waals surface area contributed by atoms with E-state index in [9.17, 15) is 14.9 Å². The smallest absolute Gasteiger partial charge is 0.410 e. The minimum atomic E-state index is -0.554. The van der Waals surface area contributed by atoms with E-state index >= 15 is 0 Å². The maximum atomic E-state index is 13.3. The molecule has 2 aliphatic rings. The predicted molar refractivity (Wildman–Crippen MR) is 116 cm³/mol. The number of hydrogen-bond acceptors (Lipinski definition) is 4. The van der Waals surface area contributed by atoms with Crippen LogP contribution in [0.4, 0.5) is 4.79 Å². The number of carbonyl (C=O) groups excluding carboxylic acids is 2. The number of ether oxygens (including phenoxy) is 1. The van der Waals surface area contributed by atoms with Crippen LogP contribution in [0.25, 0.3) is 0 Å². The zero-order valence-corrected chi connectivity index (χ0v) is 18.2. The largest absolute Gasteiger partial charge is 0.444 e. The molecule has 1 saturated heterocycles. The lowest BCUT2D eigenvalue weighted by Crippen LogP contribution is -2.52. The van der Waals surface area contributed by atoms with Gasteiger partial charge in [-0.05, 0) is 50.5 Å². The van der Waals surface area contributed by atoms with E-state index in [2.05, 4.69) is 18.2 Å². The number of fused-ring (bicyclic) bond motifs is 1. The number of benzene rings is 2. The molecule has 0 aliphatic carbocycles. The third-order valence-electron chi connectivity index (χ3n) is 5.93. The number of carbonyl (C=O) groups is 2. The summed E-state index contributed by atoms with van der Waals surface area (Å²) in [6.07, 6.45) is 0.352. The number of rotatable bonds is 2. The second-order valence-corrected chi connectivity index (χ2v) is 9.22. The van der Waals surface area contributed by atoms with Crippen molar-refractivity contribution >= 4 is 12.0 Å². The van der Waals surface area contributed by atoms with E-state index in [1.54, 1.807) is 17.0 Å². The summed E-state index contributed by atoms with van der Waals surface area (Å²) < 4.78 is 5.60. The normalized spacial score (nSPS) is 20.9. The Kier molecular flexibility index (Phi) is 5.45. The summed E-state index contributed by atoms with van der Waals surface area (Å²) >= 11 is 0. The second-order valence-electron chi connectivity index (χ2n) is 9.22. The number of piperidine rings is 1. The summed E-state index contributed by atoms with van der Waals surface area (Å²) in [5, 5.41) is 9.20. The fraction of sp³-hybridized carbons (Fsp3) is 0.400. The molecular formula is C25H27N3O3. The first-order valence-electron chi connectivity index (χ1n) is 10.6. The summed E-state index contributed by atoms with van der Waals surface area (Å²) in [6.45, 7) is 7.14. The van der Waals surface area contributed by atoms with Gasteiger partial charge in [-0.3, -0.25) is 4.79 Å². The third kappa shape index (κ3) is 4.27. The molecule has 2 aromatic rings. The van der Waals surface area contributed by atoms with Crippen LogP contribution in [-0.2, 0) is 11.3 Å². The molecule has 4 rings (SSSR count). The van der Waals surface area contributed by atoms with Crippen molar-refractivity contribution < 1.29 is 14.3 Å². The number of likely N-dealkylation sites (tertiary alicyclic amines) is 1. The van der Waals surface area contributed by atoms with Crippen LogP contribution in [0, 0.1) is 11.3 Å². The first-order valence-corrected chi connectivity index (χ1v) is 10.6. The molecule has 0 spiro atoms. The van der Waals surface area contributed by atoms with Gasteiger partial charge in [-0.1, -0.05) is 36.4 Å². The molecule has 6 heteroatoms. The van der Waals surface area contributed by atoms with Gasteiger partial charge in [-0.25, -0.2) is 4.79 Å². The minimum absolute atomic E-state index is 0.0174. The summed E-state index contributed by atoms with van der Waals surface area (Å²) in [5.41, 5.74) is 2.60. The summed E-state index contributed by atoms with van der Waals surface area (Å²) in [5.74, 6) is -0.0556. The highest BCUT2D eigenvalue weighted by molar-refractivity contribution is 5.99. The zero-order valence-electron chi connectivity index (χ0n) is 18.2. The van der Waals surface area contributed by atoms with Crippen molar-refractivity contribution in [3.8, 4) is 6.07 Å². The summed E-state index contributed by atoms with van der Waals surface area (Å²) in [4.78, 5) is 29.6. The van der Waals surface area contributed by atoms with Crippen molar-refractivity contribution in [1.82, 2.24) is 9.80 Å². The molecule has 2 aromatic carbocycles. The number of nitrogens with zero attached hydrogens (tertiary/aromatic N) is 3. The molecule has 0 aromatic heterocycles. The Bertz CT molecular complexity index is 1040. The van der Waals surface area contributed by atoms with Crippen molar-refractivity contribution in [2.24, 2.45) is 0 Å². The van der Waals surface area contributed by atoms with Gasteiger partial charge in [0.25, 0.3) is 5.91 Å². The molecule has 2 atom stereocenters. The summed E-state index contributed by atoms with van der Waals surface area (Å²) in [7, 11) is 0. The van der Waals surface area contributed by atoms with Crippen LogP contribution in [0.2, 0.25) is 0 Å². The molecule has 0 unspecified atom stereocenters. The molecule has 2 aliphatic heterocycles. The average molecular weight is 418 g/mol. The van der Waals surface area contributed by atoms with Crippen molar-refractivity contribution in [3.63, 3.8) is 0 Å². The van der Waals surface area contributed by atoms with Crippen LogP contribution in [0.3, 0.4) is 0 Å². The fourth-order valence-corrected chi connectivity index (χ4v) is 4.49. The van der Waals surface area contributed by atoms with Crippen LogP contribution in [0.5, 0.6) is 0 Å². The topological polar surface area (TPSA) is 73.6 Å². The molecular weight excluding hydrogens is 390 g/mol. The standard InChI is InChI=1S/C25H27N3O3/c1-25(2,3)31-24(30)27-12-11-22(21(16-27)18-7-5-4-6-8-18)28-15-19-10-9-17(14-26)13-20(19)23(28)29/h4-10,13,21-22H,11-12,15-16H2,1-3H3/t21-,22+/m1/s1. The average Bonchev–Trinajstić information content (AvgIpc) is 3.08. The Balaban J connectivity index is 1.61. The van der Waals surface area contributed by atoms with E-state index in [0.717, 1.165) is 11.1 Å². The van der Waals surface area contributed by atoms with E-state index in [1.165, 1.54) is 0 Å². The first-order chi connectivity index (χ1) is 14.8.